The zero-order chi connectivity index (χ0) is 18.1. The number of fused-ring (bicyclic) bond motifs is 1. The second-order valence-corrected chi connectivity index (χ2v) is 6.64. The molecule has 0 saturated carbocycles. The molecule has 3 aromatic rings. The number of nitrogens with one attached hydrogen (secondary N) is 1. The number of nitrogens with zero attached hydrogens (tertiary/aromatic N) is 2. The van der Waals surface area contributed by atoms with Crippen LogP contribution >= 0.6 is 0 Å². The van der Waals surface area contributed by atoms with Crippen LogP contribution in [0, 0.1) is 5.82 Å². The lowest BCUT2D eigenvalue weighted by Gasteiger charge is -2.25. The van der Waals surface area contributed by atoms with Crippen molar-refractivity contribution in [3.63, 3.8) is 0 Å². The molecule has 0 atom stereocenters. The highest BCUT2D eigenvalue weighted by molar-refractivity contribution is 5.72. The number of pyridine rings is 1. The molecule has 1 aromatic heterocycles. The lowest BCUT2D eigenvalue weighted by Crippen LogP contribution is -2.26. The highest BCUT2D eigenvalue weighted by atomic mass is 19.1. The highest BCUT2D eigenvalue weighted by Gasteiger charge is 2.20. The van der Waals surface area contributed by atoms with E-state index >= 15 is 0 Å². The maximum Gasteiger partial charge on any atom is 0.248 e. The number of aromatic nitrogens is 1. The van der Waals surface area contributed by atoms with Crippen LogP contribution in [-0.2, 0) is 6.54 Å². The predicted octanol–water partition coefficient (Wildman–Crippen LogP) is 3.76. The Morgan fingerprint density at radius 3 is 2.58 bits per heavy atom. The van der Waals surface area contributed by atoms with E-state index in [4.69, 9.17) is 0 Å². The van der Waals surface area contributed by atoms with Crippen molar-refractivity contribution in [2.75, 3.05) is 25.0 Å². The van der Waals surface area contributed by atoms with Gasteiger partial charge in [-0.3, -0.25) is 4.79 Å². The molecule has 1 N–H and O–H groups in total. The topological polar surface area (TPSA) is 39.3 Å². The van der Waals surface area contributed by atoms with E-state index in [1.807, 2.05) is 24.3 Å². The molecule has 0 unspecified atom stereocenters. The second kappa shape index (κ2) is 6.77. The lowest BCUT2D eigenvalue weighted by molar-refractivity contribution is 0.343. The highest BCUT2D eigenvalue weighted by Crippen LogP contribution is 2.34. The summed E-state index contributed by atoms with van der Waals surface area (Å²) in [6, 6.07) is 18.0. The van der Waals surface area contributed by atoms with Gasteiger partial charge in [0.15, 0.2) is 0 Å². The third-order valence-electron chi connectivity index (χ3n) is 4.73. The molecule has 0 radical (unpaired) electrons. The van der Waals surface area contributed by atoms with Gasteiger partial charge in [0.1, 0.15) is 5.82 Å². The van der Waals surface area contributed by atoms with Crippen molar-refractivity contribution in [2.45, 2.75) is 6.54 Å². The first-order chi connectivity index (χ1) is 12.6. The fraction of sp³-hybridized carbons (Fsp3) is 0.190. The van der Waals surface area contributed by atoms with Crippen molar-refractivity contribution in [1.29, 1.82) is 0 Å². The summed E-state index contributed by atoms with van der Waals surface area (Å²) in [4.78, 5) is 19.0. The van der Waals surface area contributed by atoms with E-state index in [1.54, 1.807) is 6.07 Å². The molecule has 0 aliphatic carbocycles. The van der Waals surface area contributed by atoms with Crippen LogP contribution in [0.5, 0.6) is 0 Å². The minimum Gasteiger partial charge on any atom is -0.340 e. The molecule has 0 bridgehead atoms. The van der Waals surface area contributed by atoms with Crippen LogP contribution in [0.15, 0.2) is 65.5 Å². The molecule has 1 aliphatic rings. The van der Waals surface area contributed by atoms with Crippen LogP contribution in [0.2, 0.25) is 0 Å². The summed E-state index contributed by atoms with van der Waals surface area (Å²) in [5.41, 5.74) is 4.95. The SMILES string of the molecule is CN1CCN(c2ccc(F)cc2)c2ccc(-c3cccc(=O)[nH]3)cc2C1. The third-order valence-corrected chi connectivity index (χ3v) is 4.73. The van der Waals surface area contributed by atoms with Crippen molar-refractivity contribution >= 4 is 11.4 Å². The predicted molar refractivity (Wildman–Crippen MR) is 102 cm³/mol. The molecule has 132 valence electrons. The fourth-order valence-electron chi connectivity index (χ4n) is 3.41. The molecule has 0 amide bonds. The third kappa shape index (κ3) is 3.26. The minimum atomic E-state index is -0.232. The van der Waals surface area contributed by atoms with Crippen LogP contribution in [-0.4, -0.2) is 30.0 Å². The smallest absolute Gasteiger partial charge is 0.248 e. The maximum absolute atomic E-state index is 13.3. The van der Waals surface area contributed by atoms with E-state index in [0.717, 1.165) is 42.3 Å². The largest absolute Gasteiger partial charge is 0.340 e. The number of aromatic amines is 1. The number of benzene rings is 2. The van der Waals surface area contributed by atoms with Crippen LogP contribution in [0.1, 0.15) is 5.56 Å². The van der Waals surface area contributed by atoms with E-state index in [2.05, 4.69) is 34.0 Å². The molecule has 5 heteroatoms. The van der Waals surface area contributed by atoms with Gasteiger partial charge in [0.2, 0.25) is 5.56 Å². The normalized spacial score (nSPS) is 14.8. The zero-order valence-electron chi connectivity index (χ0n) is 14.6. The first-order valence-corrected chi connectivity index (χ1v) is 8.64. The average molecular weight is 349 g/mol. The van der Waals surface area contributed by atoms with Gasteiger partial charge in [-0.05, 0) is 60.6 Å². The number of anilines is 2. The molecule has 0 saturated heterocycles. The van der Waals surface area contributed by atoms with Crippen LogP contribution in [0.25, 0.3) is 11.3 Å². The van der Waals surface area contributed by atoms with E-state index in [9.17, 15) is 9.18 Å². The van der Waals surface area contributed by atoms with Gasteiger partial charge in [-0.1, -0.05) is 12.1 Å². The number of hydrogen-bond donors (Lipinski definition) is 1. The Bertz CT molecular complexity index is 981. The second-order valence-electron chi connectivity index (χ2n) is 6.64. The molecule has 0 fully saturated rings. The Morgan fingerprint density at radius 1 is 1.00 bits per heavy atom. The van der Waals surface area contributed by atoms with Gasteiger partial charge in [-0.2, -0.15) is 0 Å². The average Bonchev–Trinajstić information content (AvgIpc) is 2.80. The molecule has 0 spiro atoms. The summed E-state index contributed by atoms with van der Waals surface area (Å²) in [5.74, 6) is -0.232. The number of rotatable bonds is 2. The summed E-state index contributed by atoms with van der Waals surface area (Å²) >= 11 is 0. The quantitative estimate of drug-likeness (QED) is 0.766. The summed E-state index contributed by atoms with van der Waals surface area (Å²) < 4.78 is 13.3. The van der Waals surface area contributed by atoms with Crippen molar-refractivity contribution in [1.82, 2.24) is 9.88 Å². The molecule has 1 aliphatic heterocycles. The molecule has 2 aromatic carbocycles. The lowest BCUT2D eigenvalue weighted by atomic mass is 10.0. The Balaban J connectivity index is 1.79. The van der Waals surface area contributed by atoms with Crippen molar-refractivity contribution in [2.24, 2.45) is 0 Å². The Hall–Kier alpha value is -2.92. The van der Waals surface area contributed by atoms with E-state index in [-0.39, 0.29) is 11.4 Å². The standard InChI is InChI=1S/C21H20FN3O/c1-24-11-12-25(18-8-6-17(22)7-9-18)20-10-5-15(13-16(20)14-24)19-3-2-4-21(26)23-19/h2-10,13H,11-12,14H2,1H3,(H,23,26). The van der Waals surface area contributed by atoms with Crippen molar-refractivity contribution in [3.8, 4) is 11.3 Å². The Morgan fingerprint density at radius 2 is 1.81 bits per heavy atom. The summed E-state index contributed by atoms with van der Waals surface area (Å²) in [5, 5.41) is 0. The van der Waals surface area contributed by atoms with Gasteiger partial charge in [0.25, 0.3) is 0 Å². The number of H-pyrrole nitrogens is 1. The molecule has 26 heavy (non-hydrogen) atoms. The Kier molecular flexibility index (Phi) is 4.31. The van der Waals surface area contributed by atoms with Gasteiger partial charge < -0.3 is 14.8 Å². The maximum atomic E-state index is 13.3. The molecule has 4 nitrogen and oxygen atoms in total. The monoisotopic (exact) mass is 349 g/mol. The van der Waals surface area contributed by atoms with Gasteiger partial charge in [-0.25, -0.2) is 4.39 Å². The number of halogens is 1. The zero-order valence-corrected chi connectivity index (χ0v) is 14.6. The summed E-state index contributed by atoms with van der Waals surface area (Å²) in [7, 11) is 2.09. The van der Waals surface area contributed by atoms with Crippen LogP contribution < -0.4 is 10.5 Å². The number of likely N-dealkylation sites (N-methyl/N-ethyl adjacent to an activating group) is 1. The Labute approximate surface area is 151 Å². The first-order valence-electron chi connectivity index (χ1n) is 8.64. The van der Waals surface area contributed by atoms with Gasteiger partial charge in [0, 0.05) is 42.8 Å². The molecule has 2 heterocycles. The molecular formula is C21H20FN3O. The summed E-state index contributed by atoms with van der Waals surface area (Å²) in [6.07, 6.45) is 0. The number of hydrogen-bond acceptors (Lipinski definition) is 3. The van der Waals surface area contributed by atoms with Gasteiger partial charge >= 0.3 is 0 Å². The van der Waals surface area contributed by atoms with Gasteiger partial charge in [-0.15, -0.1) is 0 Å². The van der Waals surface area contributed by atoms with Crippen molar-refractivity contribution in [3.05, 3.63) is 82.4 Å². The molecular weight excluding hydrogens is 329 g/mol. The van der Waals surface area contributed by atoms with Gasteiger partial charge in [0.05, 0.1) is 0 Å². The van der Waals surface area contributed by atoms with Crippen LogP contribution in [0.4, 0.5) is 15.8 Å². The van der Waals surface area contributed by atoms with E-state index < -0.39 is 0 Å². The van der Waals surface area contributed by atoms with Crippen molar-refractivity contribution < 1.29 is 4.39 Å². The first kappa shape index (κ1) is 16.5. The molecule has 4 rings (SSSR count). The summed E-state index contributed by atoms with van der Waals surface area (Å²) in [6.45, 7) is 2.55. The van der Waals surface area contributed by atoms with Crippen LogP contribution in [0.3, 0.4) is 0 Å². The fourth-order valence-corrected chi connectivity index (χ4v) is 3.41. The van der Waals surface area contributed by atoms with E-state index in [1.165, 1.54) is 23.8 Å². The van der Waals surface area contributed by atoms with E-state index in [0.29, 0.717) is 0 Å². The minimum absolute atomic E-state index is 0.109.